The summed E-state index contributed by atoms with van der Waals surface area (Å²) in [5.41, 5.74) is 0.969. The highest BCUT2D eigenvalue weighted by molar-refractivity contribution is 7.89. The molecular formula is C20H29ClN2O5S. The van der Waals surface area contributed by atoms with E-state index in [1.165, 1.54) is 4.31 Å². The molecule has 0 spiro atoms. The second kappa shape index (κ2) is 10.00. The summed E-state index contributed by atoms with van der Waals surface area (Å²) >= 11 is 6.25. The molecule has 0 unspecified atom stereocenters. The molecular weight excluding hydrogens is 416 g/mol. The summed E-state index contributed by atoms with van der Waals surface area (Å²) in [7, 11) is -3.19. The molecule has 9 heteroatoms. The van der Waals surface area contributed by atoms with Gasteiger partial charge < -0.3 is 14.8 Å². The summed E-state index contributed by atoms with van der Waals surface area (Å²) in [6.45, 7) is 4.29. The van der Waals surface area contributed by atoms with E-state index < -0.39 is 10.0 Å². The van der Waals surface area contributed by atoms with Crippen molar-refractivity contribution in [1.82, 2.24) is 9.62 Å². The lowest BCUT2D eigenvalue weighted by atomic mass is 9.97. The Balaban J connectivity index is 1.44. The molecule has 1 N–H and O–H groups in total. The van der Waals surface area contributed by atoms with Gasteiger partial charge in [-0.3, -0.25) is 4.79 Å². The molecule has 1 saturated heterocycles. The molecule has 1 aromatic rings. The van der Waals surface area contributed by atoms with Gasteiger partial charge >= 0.3 is 0 Å². The minimum Gasteiger partial charge on any atom is -0.486 e. The van der Waals surface area contributed by atoms with Crippen molar-refractivity contribution in [1.29, 1.82) is 0 Å². The Labute approximate surface area is 177 Å². The standard InChI is InChI=1S/C20H29ClN2O5S/c1-2-3-12-29(25,26)23-8-5-16(6-9-23)20(24)22-7-4-15-13-17(21)19-18(14-15)27-10-11-28-19/h13-14,16H,2-12H2,1H3,(H,22,24). The molecule has 0 aromatic heterocycles. The monoisotopic (exact) mass is 444 g/mol. The van der Waals surface area contributed by atoms with Crippen molar-refractivity contribution >= 4 is 27.5 Å². The first kappa shape index (κ1) is 22.2. The van der Waals surface area contributed by atoms with Gasteiger partial charge in [-0.2, -0.15) is 0 Å². The molecule has 0 saturated carbocycles. The number of carbonyl (C=O) groups is 1. The van der Waals surface area contributed by atoms with E-state index in [2.05, 4.69) is 5.32 Å². The predicted octanol–water partition coefficient (Wildman–Crippen LogP) is 2.61. The van der Waals surface area contributed by atoms with E-state index in [1.807, 2.05) is 19.1 Å². The molecule has 162 valence electrons. The molecule has 29 heavy (non-hydrogen) atoms. The summed E-state index contributed by atoms with van der Waals surface area (Å²) in [5.74, 6) is 1.25. The lowest BCUT2D eigenvalue weighted by Gasteiger charge is -2.30. The highest BCUT2D eigenvalue weighted by Crippen LogP contribution is 2.38. The van der Waals surface area contributed by atoms with Crippen LogP contribution in [0.2, 0.25) is 5.02 Å². The maximum Gasteiger partial charge on any atom is 0.223 e. The van der Waals surface area contributed by atoms with Gasteiger partial charge in [0.25, 0.3) is 0 Å². The zero-order chi connectivity index (χ0) is 20.9. The first-order valence-electron chi connectivity index (χ1n) is 10.2. The number of sulfonamides is 1. The molecule has 3 rings (SSSR count). The summed E-state index contributed by atoms with van der Waals surface area (Å²) in [6.07, 6.45) is 3.28. The van der Waals surface area contributed by atoms with Crippen molar-refractivity contribution in [3.8, 4) is 11.5 Å². The van der Waals surface area contributed by atoms with Gasteiger partial charge in [0.05, 0.1) is 10.8 Å². The van der Waals surface area contributed by atoms with Crippen LogP contribution in [0.4, 0.5) is 0 Å². The second-order valence-corrected chi connectivity index (χ2v) is 9.98. The maximum atomic E-state index is 12.5. The Morgan fingerprint density at radius 3 is 2.69 bits per heavy atom. The van der Waals surface area contributed by atoms with Gasteiger partial charge in [-0.25, -0.2) is 12.7 Å². The number of fused-ring (bicyclic) bond motifs is 1. The number of piperidine rings is 1. The number of rotatable bonds is 8. The van der Waals surface area contributed by atoms with Gasteiger partial charge in [0.15, 0.2) is 11.5 Å². The highest BCUT2D eigenvalue weighted by Gasteiger charge is 2.30. The third kappa shape index (κ3) is 5.77. The number of ether oxygens (including phenoxy) is 2. The normalized spacial score (nSPS) is 17.9. The number of amides is 1. The number of halogens is 1. The zero-order valence-corrected chi connectivity index (χ0v) is 18.4. The van der Waals surface area contributed by atoms with Gasteiger partial charge in [0.2, 0.25) is 15.9 Å². The quantitative estimate of drug-likeness (QED) is 0.666. The van der Waals surface area contributed by atoms with Crippen molar-refractivity contribution in [3.05, 3.63) is 22.7 Å². The molecule has 0 radical (unpaired) electrons. The van der Waals surface area contributed by atoms with Crippen molar-refractivity contribution in [2.45, 2.75) is 39.0 Å². The molecule has 7 nitrogen and oxygen atoms in total. The fourth-order valence-corrected chi connectivity index (χ4v) is 5.60. The maximum absolute atomic E-state index is 12.5. The minimum atomic E-state index is -3.19. The predicted molar refractivity (Wildman–Crippen MR) is 112 cm³/mol. The number of nitrogens with zero attached hydrogens (tertiary/aromatic N) is 1. The average Bonchev–Trinajstić information content (AvgIpc) is 2.72. The van der Waals surface area contributed by atoms with Crippen molar-refractivity contribution in [2.24, 2.45) is 5.92 Å². The van der Waals surface area contributed by atoms with Crippen LogP contribution in [0.25, 0.3) is 0 Å². The largest absolute Gasteiger partial charge is 0.486 e. The highest BCUT2D eigenvalue weighted by atomic mass is 35.5. The van der Waals surface area contributed by atoms with E-state index in [-0.39, 0.29) is 17.6 Å². The van der Waals surface area contributed by atoms with Crippen LogP contribution in [0.5, 0.6) is 11.5 Å². The number of nitrogens with one attached hydrogen (secondary N) is 1. The van der Waals surface area contributed by atoms with Crippen LogP contribution in [0.15, 0.2) is 12.1 Å². The van der Waals surface area contributed by atoms with Gasteiger partial charge in [0, 0.05) is 25.6 Å². The van der Waals surface area contributed by atoms with Gasteiger partial charge in [-0.1, -0.05) is 24.9 Å². The first-order valence-corrected chi connectivity index (χ1v) is 12.2. The van der Waals surface area contributed by atoms with E-state index >= 15 is 0 Å². The first-order chi connectivity index (χ1) is 13.9. The fourth-order valence-electron chi connectivity index (χ4n) is 3.63. The molecule has 1 amide bonds. The molecule has 0 aliphatic carbocycles. The smallest absolute Gasteiger partial charge is 0.223 e. The summed E-state index contributed by atoms with van der Waals surface area (Å²) < 4.78 is 37.2. The van der Waals surface area contributed by atoms with Crippen LogP contribution in [0, 0.1) is 5.92 Å². The number of hydrogen-bond acceptors (Lipinski definition) is 5. The third-order valence-corrected chi connectivity index (χ3v) is 7.58. The SMILES string of the molecule is CCCCS(=O)(=O)N1CCC(C(=O)NCCc2cc(Cl)c3c(c2)OCCO3)CC1. The Kier molecular flexibility index (Phi) is 7.65. The third-order valence-electron chi connectivity index (χ3n) is 5.34. The van der Waals surface area contributed by atoms with Crippen LogP contribution in [0.3, 0.4) is 0 Å². The second-order valence-electron chi connectivity index (χ2n) is 7.49. The Morgan fingerprint density at radius 1 is 1.24 bits per heavy atom. The van der Waals surface area contributed by atoms with Crippen LogP contribution in [-0.4, -0.2) is 57.2 Å². The Morgan fingerprint density at radius 2 is 1.97 bits per heavy atom. The van der Waals surface area contributed by atoms with Crippen molar-refractivity contribution in [2.75, 3.05) is 38.6 Å². The molecule has 0 atom stereocenters. The summed E-state index contributed by atoms with van der Waals surface area (Å²) in [5, 5.41) is 3.48. The van der Waals surface area contributed by atoms with Gasteiger partial charge in [-0.15, -0.1) is 0 Å². The molecule has 1 fully saturated rings. The van der Waals surface area contributed by atoms with Crippen LogP contribution in [-0.2, 0) is 21.2 Å². The van der Waals surface area contributed by atoms with Gasteiger partial charge in [0.1, 0.15) is 13.2 Å². The number of benzene rings is 1. The molecule has 2 aliphatic rings. The molecule has 2 aliphatic heterocycles. The lowest BCUT2D eigenvalue weighted by molar-refractivity contribution is -0.126. The molecule has 2 heterocycles. The Hall–Kier alpha value is -1.51. The fraction of sp³-hybridized carbons (Fsp3) is 0.650. The van der Waals surface area contributed by atoms with E-state index in [1.54, 1.807) is 0 Å². The van der Waals surface area contributed by atoms with Crippen molar-refractivity contribution in [3.63, 3.8) is 0 Å². The van der Waals surface area contributed by atoms with Crippen LogP contribution >= 0.6 is 11.6 Å². The summed E-state index contributed by atoms with van der Waals surface area (Å²) in [6, 6.07) is 3.73. The van der Waals surface area contributed by atoms with E-state index in [0.717, 1.165) is 12.0 Å². The average molecular weight is 445 g/mol. The van der Waals surface area contributed by atoms with E-state index in [4.69, 9.17) is 21.1 Å². The van der Waals surface area contributed by atoms with Crippen LogP contribution in [0.1, 0.15) is 38.2 Å². The minimum absolute atomic E-state index is 0.0146. The molecule has 0 bridgehead atoms. The van der Waals surface area contributed by atoms with E-state index in [9.17, 15) is 13.2 Å². The molecule has 1 aromatic carbocycles. The number of hydrogen-bond donors (Lipinski definition) is 1. The van der Waals surface area contributed by atoms with Crippen molar-refractivity contribution < 1.29 is 22.7 Å². The van der Waals surface area contributed by atoms with Crippen LogP contribution < -0.4 is 14.8 Å². The number of unbranched alkanes of at least 4 members (excludes halogenated alkanes) is 1. The zero-order valence-electron chi connectivity index (χ0n) is 16.8. The van der Waals surface area contributed by atoms with Gasteiger partial charge in [-0.05, 0) is 43.4 Å². The topological polar surface area (TPSA) is 84.9 Å². The van der Waals surface area contributed by atoms with E-state index in [0.29, 0.717) is 75.1 Å². The number of carbonyl (C=O) groups excluding carboxylic acids is 1. The summed E-state index contributed by atoms with van der Waals surface area (Å²) in [4.78, 5) is 12.5. The Bertz CT molecular complexity index is 822. The lowest BCUT2D eigenvalue weighted by Crippen LogP contribution is -2.44.